The second-order valence-electron chi connectivity index (χ2n) is 8.80. The summed E-state index contributed by atoms with van der Waals surface area (Å²) in [5.41, 5.74) is 5.21. The van der Waals surface area contributed by atoms with Gasteiger partial charge in [0.15, 0.2) is 0 Å². The molecule has 1 amide bonds. The highest BCUT2D eigenvalue weighted by Crippen LogP contribution is 2.38. The number of thiophene rings is 1. The maximum atomic E-state index is 13.4. The molecule has 2 bridgehead atoms. The molecule has 1 aromatic heterocycles. The molecule has 5 rings (SSSR count). The van der Waals surface area contributed by atoms with E-state index < -0.39 is 29.7 Å². The number of halogens is 3. The third-order valence-electron chi connectivity index (χ3n) is 6.85. The maximum Gasteiger partial charge on any atom is 0.416 e. The molecular weight excluding hydrogens is 455 g/mol. The maximum absolute atomic E-state index is 13.4. The Morgan fingerprint density at radius 3 is 2.48 bits per heavy atom. The van der Waals surface area contributed by atoms with Gasteiger partial charge in [0.25, 0.3) is 5.91 Å². The van der Waals surface area contributed by atoms with Crippen molar-refractivity contribution in [2.75, 3.05) is 13.1 Å². The second kappa shape index (κ2) is 9.08. The fourth-order valence-electron chi connectivity index (χ4n) is 5.03. The first-order valence-electron chi connectivity index (χ1n) is 10.9. The van der Waals surface area contributed by atoms with Gasteiger partial charge in [0.2, 0.25) is 0 Å². The molecule has 1 unspecified atom stereocenters. The highest BCUT2D eigenvalue weighted by atomic mass is 32.1. The SMILES string of the molecule is C[C@H]1[C@H](NC(Cc2ccc(C(F)(F)F)cc2-c2ccc(C(N)=O)s2)C(=O)O)C2CCN1CC2. The van der Waals surface area contributed by atoms with Gasteiger partial charge in [-0.15, -0.1) is 11.3 Å². The van der Waals surface area contributed by atoms with E-state index in [1.54, 1.807) is 6.07 Å². The van der Waals surface area contributed by atoms with Crippen LogP contribution in [0.2, 0.25) is 0 Å². The predicted octanol–water partition coefficient (Wildman–Crippen LogP) is 3.60. The van der Waals surface area contributed by atoms with E-state index in [-0.39, 0.29) is 28.9 Å². The minimum atomic E-state index is -4.55. The van der Waals surface area contributed by atoms with Crippen molar-refractivity contribution in [3.8, 4) is 10.4 Å². The van der Waals surface area contributed by atoms with Gasteiger partial charge in [-0.3, -0.25) is 19.8 Å². The number of primary amides is 1. The molecule has 4 N–H and O–H groups in total. The molecule has 3 fully saturated rings. The number of alkyl halides is 3. The van der Waals surface area contributed by atoms with Crippen LogP contribution in [0.3, 0.4) is 0 Å². The van der Waals surface area contributed by atoms with Gasteiger partial charge in [-0.05, 0) is 80.6 Å². The predicted molar refractivity (Wildman–Crippen MR) is 119 cm³/mol. The number of fused-ring (bicyclic) bond motifs is 3. The standard InChI is InChI=1S/C23H26F3N3O3S/c1-12-20(13-6-8-29(12)9-7-13)28-17(22(31)32)10-14-2-3-15(23(24,25)26)11-16(14)18-4-5-19(33-18)21(27)30/h2-5,11-13,17,20,28H,6-10H2,1H3,(H2,27,30)(H,31,32)/t12-,17?,20-/m0/s1. The number of nitrogens with zero attached hydrogens (tertiary/aromatic N) is 1. The Morgan fingerprint density at radius 2 is 1.94 bits per heavy atom. The average Bonchev–Trinajstić information content (AvgIpc) is 3.25. The van der Waals surface area contributed by atoms with Gasteiger partial charge in [0, 0.05) is 17.0 Å². The second-order valence-corrected chi connectivity index (χ2v) is 9.88. The van der Waals surface area contributed by atoms with Gasteiger partial charge in [0.1, 0.15) is 6.04 Å². The first-order valence-corrected chi connectivity index (χ1v) is 11.7. The lowest BCUT2D eigenvalue weighted by Gasteiger charge is -2.50. The summed E-state index contributed by atoms with van der Waals surface area (Å²) in [6.45, 7) is 4.10. The van der Waals surface area contributed by atoms with E-state index >= 15 is 0 Å². The molecule has 3 aliphatic rings. The third-order valence-corrected chi connectivity index (χ3v) is 7.98. The molecule has 2 aromatic rings. The fourth-order valence-corrected chi connectivity index (χ4v) is 5.94. The highest BCUT2D eigenvalue weighted by Gasteiger charge is 2.41. The van der Waals surface area contributed by atoms with E-state index in [0.29, 0.717) is 16.4 Å². The number of hydrogen-bond acceptors (Lipinski definition) is 5. The number of piperidine rings is 3. The molecular formula is C23H26F3N3O3S. The highest BCUT2D eigenvalue weighted by molar-refractivity contribution is 7.17. The number of nitrogens with one attached hydrogen (secondary N) is 1. The van der Waals surface area contributed by atoms with Crippen molar-refractivity contribution < 1.29 is 27.9 Å². The Morgan fingerprint density at radius 1 is 1.24 bits per heavy atom. The Hall–Kier alpha value is -2.43. The van der Waals surface area contributed by atoms with Crippen molar-refractivity contribution in [2.24, 2.45) is 11.7 Å². The summed E-state index contributed by atoms with van der Waals surface area (Å²) in [5, 5.41) is 13.2. The largest absolute Gasteiger partial charge is 0.480 e. The van der Waals surface area contributed by atoms with Gasteiger partial charge >= 0.3 is 12.1 Å². The van der Waals surface area contributed by atoms with Gasteiger partial charge in [-0.25, -0.2) is 0 Å². The third kappa shape index (κ3) is 4.92. The summed E-state index contributed by atoms with van der Waals surface area (Å²) in [7, 11) is 0. The van der Waals surface area contributed by atoms with Crippen LogP contribution in [-0.4, -0.2) is 53.1 Å². The first kappa shape index (κ1) is 23.7. The van der Waals surface area contributed by atoms with E-state index in [1.807, 2.05) is 0 Å². The number of rotatable bonds is 7. The van der Waals surface area contributed by atoms with Crippen molar-refractivity contribution >= 4 is 23.2 Å². The van der Waals surface area contributed by atoms with Gasteiger partial charge in [-0.1, -0.05) is 6.07 Å². The molecule has 4 heterocycles. The zero-order valence-electron chi connectivity index (χ0n) is 18.1. The number of carbonyl (C=O) groups excluding carboxylic acids is 1. The lowest BCUT2D eigenvalue weighted by atomic mass is 9.79. The zero-order chi connectivity index (χ0) is 23.9. The lowest BCUT2D eigenvalue weighted by Crippen LogP contribution is -2.64. The van der Waals surface area contributed by atoms with E-state index in [1.165, 1.54) is 12.1 Å². The van der Waals surface area contributed by atoms with Gasteiger partial charge in [-0.2, -0.15) is 13.2 Å². The molecule has 0 saturated carbocycles. The van der Waals surface area contributed by atoms with Gasteiger partial charge < -0.3 is 10.8 Å². The number of carbonyl (C=O) groups is 2. The number of hydrogen-bond donors (Lipinski definition) is 3. The molecule has 33 heavy (non-hydrogen) atoms. The fraction of sp³-hybridized carbons (Fsp3) is 0.478. The van der Waals surface area contributed by atoms with Gasteiger partial charge in [0.05, 0.1) is 10.4 Å². The van der Waals surface area contributed by atoms with Crippen LogP contribution in [0.5, 0.6) is 0 Å². The molecule has 3 atom stereocenters. The Bertz CT molecular complexity index is 1050. The summed E-state index contributed by atoms with van der Waals surface area (Å²) in [6, 6.07) is 5.58. The minimum Gasteiger partial charge on any atom is -0.480 e. The molecule has 10 heteroatoms. The molecule has 3 saturated heterocycles. The van der Waals surface area contributed by atoms with Crippen molar-refractivity contribution in [3.05, 3.63) is 46.3 Å². The van der Waals surface area contributed by atoms with Crippen molar-refractivity contribution in [2.45, 2.75) is 50.5 Å². The molecule has 3 aliphatic heterocycles. The summed E-state index contributed by atoms with van der Waals surface area (Å²) in [4.78, 5) is 26.6. The summed E-state index contributed by atoms with van der Waals surface area (Å²) < 4.78 is 40.2. The van der Waals surface area contributed by atoms with Crippen LogP contribution < -0.4 is 11.1 Å². The zero-order valence-corrected chi connectivity index (χ0v) is 18.9. The Balaban J connectivity index is 1.66. The summed E-state index contributed by atoms with van der Waals surface area (Å²) in [6.07, 6.45) is -2.52. The van der Waals surface area contributed by atoms with E-state index in [4.69, 9.17) is 5.73 Å². The van der Waals surface area contributed by atoms with E-state index in [0.717, 1.165) is 49.4 Å². The molecule has 0 spiro atoms. The van der Waals surface area contributed by atoms with E-state index in [9.17, 15) is 27.9 Å². The first-order chi connectivity index (χ1) is 15.5. The van der Waals surface area contributed by atoms with Crippen LogP contribution in [0.15, 0.2) is 30.3 Å². The number of carboxylic acids is 1. The molecule has 0 radical (unpaired) electrons. The normalized spacial score (nSPS) is 25.7. The van der Waals surface area contributed by atoms with Crippen LogP contribution in [0.1, 0.15) is 40.6 Å². The monoisotopic (exact) mass is 481 g/mol. The van der Waals surface area contributed by atoms with Crippen molar-refractivity contribution in [1.82, 2.24) is 10.2 Å². The van der Waals surface area contributed by atoms with Crippen LogP contribution in [-0.2, 0) is 17.4 Å². The number of carboxylic acid groups (broad SMARTS) is 1. The van der Waals surface area contributed by atoms with Crippen LogP contribution in [0.25, 0.3) is 10.4 Å². The smallest absolute Gasteiger partial charge is 0.416 e. The number of nitrogens with two attached hydrogens (primary N) is 1. The Labute approximate surface area is 193 Å². The molecule has 178 valence electrons. The quantitative estimate of drug-likeness (QED) is 0.562. The van der Waals surface area contributed by atoms with Crippen LogP contribution in [0.4, 0.5) is 13.2 Å². The lowest BCUT2D eigenvalue weighted by molar-refractivity contribution is -0.140. The topological polar surface area (TPSA) is 95.7 Å². The number of aliphatic carboxylic acids is 1. The summed E-state index contributed by atoms with van der Waals surface area (Å²) >= 11 is 0.993. The number of amides is 1. The molecule has 1 aromatic carbocycles. The van der Waals surface area contributed by atoms with Crippen LogP contribution >= 0.6 is 11.3 Å². The molecule has 6 nitrogen and oxygen atoms in total. The summed E-state index contributed by atoms with van der Waals surface area (Å²) in [5.74, 6) is -1.33. The average molecular weight is 482 g/mol. The van der Waals surface area contributed by atoms with Crippen LogP contribution in [0, 0.1) is 5.92 Å². The minimum absolute atomic E-state index is 0.00898. The Kier molecular flexibility index (Phi) is 6.52. The molecule has 0 aliphatic carbocycles. The van der Waals surface area contributed by atoms with Crippen molar-refractivity contribution in [3.63, 3.8) is 0 Å². The number of benzene rings is 1. The van der Waals surface area contributed by atoms with Crippen molar-refractivity contribution in [1.29, 1.82) is 0 Å². The van der Waals surface area contributed by atoms with E-state index in [2.05, 4.69) is 17.1 Å².